The molecule has 1 saturated heterocycles. The van der Waals surface area contributed by atoms with Crippen LogP contribution in [0.4, 0.5) is 14.5 Å². The number of carbonyl (C=O) groups excluding carboxylic acids is 1. The normalized spacial score (nSPS) is 23.5. The number of hydrogen-bond acceptors (Lipinski definition) is 3. The van der Waals surface area contributed by atoms with Gasteiger partial charge in [0, 0.05) is 18.2 Å². The van der Waals surface area contributed by atoms with E-state index in [0.717, 1.165) is 23.1 Å². The topological polar surface area (TPSA) is 83.6 Å². The number of amides is 1. The summed E-state index contributed by atoms with van der Waals surface area (Å²) < 4.78 is 25.9. The maximum Gasteiger partial charge on any atom is 0.326 e. The number of rotatable bonds is 2. The van der Waals surface area contributed by atoms with Crippen molar-refractivity contribution in [3.63, 3.8) is 0 Å². The van der Waals surface area contributed by atoms with E-state index in [9.17, 15) is 18.4 Å². The zero-order valence-corrected chi connectivity index (χ0v) is 9.14. The van der Waals surface area contributed by atoms with Gasteiger partial charge in [0.2, 0.25) is 5.91 Å². The summed E-state index contributed by atoms with van der Waals surface area (Å²) in [6.07, 6.45) is -0.0623. The van der Waals surface area contributed by atoms with Gasteiger partial charge in [0.05, 0.1) is 6.04 Å². The largest absolute Gasteiger partial charge is 0.480 e. The summed E-state index contributed by atoms with van der Waals surface area (Å²) >= 11 is 0. The number of anilines is 1. The van der Waals surface area contributed by atoms with E-state index in [1.807, 2.05) is 0 Å². The van der Waals surface area contributed by atoms with E-state index in [4.69, 9.17) is 10.8 Å². The molecule has 5 nitrogen and oxygen atoms in total. The van der Waals surface area contributed by atoms with Gasteiger partial charge in [-0.05, 0) is 12.1 Å². The number of benzene rings is 1. The summed E-state index contributed by atoms with van der Waals surface area (Å²) in [7, 11) is 0. The van der Waals surface area contributed by atoms with E-state index in [0.29, 0.717) is 0 Å². The highest BCUT2D eigenvalue weighted by atomic mass is 19.2. The molecule has 0 saturated carbocycles. The molecule has 1 fully saturated rings. The summed E-state index contributed by atoms with van der Waals surface area (Å²) in [5.74, 6) is -4.07. The van der Waals surface area contributed by atoms with Crippen molar-refractivity contribution in [2.24, 2.45) is 5.73 Å². The van der Waals surface area contributed by atoms with Gasteiger partial charge in [-0.15, -0.1) is 0 Å². The van der Waals surface area contributed by atoms with Crippen molar-refractivity contribution in [3.8, 4) is 0 Å². The molecule has 3 N–H and O–H groups in total. The third-order valence-corrected chi connectivity index (χ3v) is 2.81. The SMILES string of the molecule is N[C@H]1C[C@@H](C(=O)O)N(c2ccc(F)c(F)c2)C1=O. The summed E-state index contributed by atoms with van der Waals surface area (Å²) in [5.41, 5.74) is 5.47. The lowest BCUT2D eigenvalue weighted by atomic mass is 10.2. The van der Waals surface area contributed by atoms with Gasteiger partial charge in [0.25, 0.3) is 0 Å². The molecule has 0 radical (unpaired) electrons. The molecule has 7 heteroatoms. The van der Waals surface area contributed by atoms with Gasteiger partial charge in [0.15, 0.2) is 11.6 Å². The lowest BCUT2D eigenvalue weighted by molar-refractivity contribution is -0.138. The number of carboxylic acid groups (broad SMARTS) is 1. The summed E-state index contributed by atoms with van der Waals surface area (Å²) in [5, 5.41) is 8.99. The smallest absolute Gasteiger partial charge is 0.326 e. The molecular formula is C11H10F2N2O3. The zero-order valence-electron chi connectivity index (χ0n) is 9.14. The molecule has 96 valence electrons. The summed E-state index contributed by atoms with van der Waals surface area (Å²) in [6, 6.07) is 0.656. The van der Waals surface area contributed by atoms with Crippen LogP contribution in [0, 0.1) is 11.6 Å². The number of halogens is 2. The highest BCUT2D eigenvalue weighted by Gasteiger charge is 2.42. The van der Waals surface area contributed by atoms with Crippen LogP contribution in [-0.4, -0.2) is 29.1 Å². The molecule has 18 heavy (non-hydrogen) atoms. The monoisotopic (exact) mass is 256 g/mol. The molecule has 1 aromatic carbocycles. The number of carbonyl (C=O) groups is 2. The van der Waals surface area contributed by atoms with Gasteiger partial charge in [-0.1, -0.05) is 0 Å². The molecular weight excluding hydrogens is 246 g/mol. The molecule has 1 aliphatic heterocycles. The average Bonchev–Trinajstić information content (AvgIpc) is 2.60. The standard InChI is InChI=1S/C11H10F2N2O3/c12-6-2-1-5(3-7(6)13)15-9(11(17)18)4-8(14)10(15)16/h1-3,8-9H,4,14H2,(H,17,18)/t8-,9-/m0/s1. The maximum absolute atomic E-state index is 13.1. The Morgan fingerprint density at radius 1 is 1.39 bits per heavy atom. The first-order valence-electron chi connectivity index (χ1n) is 5.18. The fraction of sp³-hybridized carbons (Fsp3) is 0.273. The van der Waals surface area contributed by atoms with E-state index in [1.165, 1.54) is 0 Å². The van der Waals surface area contributed by atoms with E-state index >= 15 is 0 Å². The lowest BCUT2D eigenvalue weighted by Crippen LogP contribution is -2.40. The minimum absolute atomic E-state index is 0.0146. The van der Waals surface area contributed by atoms with Crippen molar-refractivity contribution in [2.45, 2.75) is 18.5 Å². The number of carboxylic acids is 1. The van der Waals surface area contributed by atoms with E-state index in [-0.39, 0.29) is 12.1 Å². The van der Waals surface area contributed by atoms with Gasteiger partial charge in [-0.2, -0.15) is 0 Å². The lowest BCUT2D eigenvalue weighted by Gasteiger charge is -2.21. The Kier molecular flexibility index (Phi) is 3.00. The molecule has 2 atom stereocenters. The van der Waals surface area contributed by atoms with Gasteiger partial charge in [-0.25, -0.2) is 13.6 Å². The fourth-order valence-corrected chi connectivity index (χ4v) is 1.93. The first-order chi connectivity index (χ1) is 8.41. The Bertz CT molecular complexity index is 521. The van der Waals surface area contributed by atoms with E-state index in [2.05, 4.69) is 0 Å². The second-order valence-electron chi connectivity index (χ2n) is 4.00. The Hall–Kier alpha value is -2.02. The average molecular weight is 256 g/mol. The molecule has 0 unspecified atom stereocenters. The van der Waals surface area contributed by atoms with Crippen LogP contribution in [0.3, 0.4) is 0 Å². The summed E-state index contributed by atoms with van der Waals surface area (Å²) in [4.78, 5) is 23.6. The van der Waals surface area contributed by atoms with Gasteiger partial charge < -0.3 is 10.8 Å². The highest BCUT2D eigenvalue weighted by Crippen LogP contribution is 2.27. The third kappa shape index (κ3) is 1.92. The second-order valence-corrected chi connectivity index (χ2v) is 4.00. The van der Waals surface area contributed by atoms with Gasteiger partial charge in [0.1, 0.15) is 6.04 Å². The Morgan fingerprint density at radius 2 is 2.06 bits per heavy atom. The van der Waals surface area contributed by atoms with Crippen molar-refractivity contribution in [1.29, 1.82) is 0 Å². The zero-order chi connectivity index (χ0) is 13.4. The molecule has 0 spiro atoms. The number of nitrogens with zero attached hydrogens (tertiary/aromatic N) is 1. The molecule has 0 bridgehead atoms. The Balaban J connectivity index is 2.43. The van der Waals surface area contributed by atoms with Crippen molar-refractivity contribution < 1.29 is 23.5 Å². The minimum Gasteiger partial charge on any atom is -0.480 e. The van der Waals surface area contributed by atoms with Crippen LogP contribution < -0.4 is 10.6 Å². The van der Waals surface area contributed by atoms with Crippen LogP contribution in [-0.2, 0) is 9.59 Å². The first-order valence-corrected chi connectivity index (χ1v) is 5.18. The van der Waals surface area contributed by atoms with Crippen LogP contribution in [0.5, 0.6) is 0 Å². The number of aliphatic carboxylic acids is 1. The molecule has 0 aromatic heterocycles. The highest BCUT2D eigenvalue weighted by molar-refractivity contribution is 6.05. The van der Waals surface area contributed by atoms with E-state index < -0.39 is 35.6 Å². The molecule has 2 rings (SSSR count). The molecule has 1 heterocycles. The van der Waals surface area contributed by atoms with Crippen molar-refractivity contribution in [1.82, 2.24) is 0 Å². The second kappa shape index (κ2) is 4.34. The molecule has 1 aromatic rings. The van der Waals surface area contributed by atoms with Crippen molar-refractivity contribution >= 4 is 17.6 Å². The Labute approximate surface area is 101 Å². The minimum atomic E-state index is -1.24. The fourth-order valence-electron chi connectivity index (χ4n) is 1.93. The quantitative estimate of drug-likeness (QED) is 0.806. The maximum atomic E-state index is 13.1. The number of hydrogen-bond donors (Lipinski definition) is 2. The number of nitrogens with two attached hydrogens (primary N) is 1. The first kappa shape index (κ1) is 12.4. The van der Waals surface area contributed by atoms with Gasteiger partial charge in [-0.3, -0.25) is 9.69 Å². The summed E-state index contributed by atoms with van der Waals surface area (Å²) in [6.45, 7) is 0. The van der Waals surface area contributed by atoms with Crippen LogP contribution in [0.25, 0.3) is 0 Å². The van der Waals surface area contributed by atoms with Crippen LogP contribution in [0.1, 0.15) is 6.42 Å². The van der Waals surface area contributed by atoms with E-state index in [1.54, 1.807) is 0 Å². The van der Waals surface area contributed by atoms with Crippen LogP contribution in [0.15, 0.2) is 18.2 Å². The van der Waals surface area contributed by atoms with Crippen molar-refractivity contribution in [2.75, 3.05) is 4.90 Å². The van der Waals surface area contributed by atoms with Crippen LogP contribution in [0.2, 0.25) is 0 Å². The third-order valence-electron chi connectivity index (χ3n) is 2.81. The van der Waals surface area contributed by atoms with Crippen molar-refractivity contribution in [3.05, 3.63) is 29.8 Å². The predicted molar refractivity (Wildman–Crippen MR) is 57.9 cm³/mol. The Morgan fingerprint density at radius 3 is 2.61 bits per heavy atom. The molecule has 1 aliphatic rings. The predicted octanol–water partition coefficient (Wildman–Crippen LogP) is 0.482. The van der Waals surface area contributed by atoms with Gasteiger partial charge >= 0.3 is 5.97 Å². The molecule has 1 amide bonds. The van der Waals surface area contributed by atoms with Crippen LogP contribution >= 0.6 is 0 Å². The molecule has 0 aliphatic carbocycles.